The van der Waals surface area contributed by atoms with Crippen molar-refractivity contribution in [1.29, 1.82) is 0 Å². The van der Waals surface area contributed by atoms with Gasteiger partial charge in [-0.15, -0.1) is 0 Å². The zero-order valence-electron chi connectivity index (χ0n) is 7.83. The number of hydrogen-bond acceptors (Lipinski definition) is 3. The Balaban J connectivity index is 2.28. The molecule has 1 aliphatic carbocycles. The normalized spacial score (nSPS) is 33.2. The maximum atomic E-state index is 6.02. The molecule has 12 heavy (non-hydrogen) atoms. The van der Waals surface area contributed by atoms with E-state index in [1.807, 2.05) is 11.8 Å². The minimum absolute atomic E-state index is 0.415. The van der Waals surface area contributed by atoms with Crippen LogP contribution in [0.5, 0.6) is 0 Å². The second kappa shape index (κ2) is 5.10. The number of nitrogens with two attached hydrogens (primary N) is 2. The smallest absolute Gasteiger partial charge is 0.0202 e. The van der Waals surface area contributed by atoms with Crippen molar-refractivity contribution in [3.8, 4) is 0 Å². The van der Waals surface area contributed by atoms with Crippen LogP contribution in [0.25, 0.3) is 0 Å². The van der Waals surface area contributed by atoms with Crippen molar-refractivity contribution in [2.24, 2.45) is 11.5 Å². The van der Waals surface area contributed by atoms with Crippen LogP contribution >= 0.6 is 11.8 Å². The van der Waals surface area contributed by atoms with Crippen molar-refractivity contribution in [3.63, 3.8) is 0 Å². The summed E-state index contributed by atoms with van der Waals surface area (Å²) in [5.41, 5.74) is 11.6. The second-order valence-corrected chi connectivity index (χ2v) is 5.35. The third-order valence-corrected chi connectivity index (χ3v) is 4.08. The van der Waals surface area contributed by atoms with Gasteiger partial charge in [0, 0.05) is 23.1 Å². The van der Waals surface area contributed by atoms with E-state index in [4.69, 9.17) is 11.5 Å². The highest BCUT2D eigenvalue weighted by Gasteiger charge is 2.23. The van der Waals surface area contributed by atoms with E-state index < -0.39 is 0 Å². The fourth-order valence-electron chi connectivity index (χ4n) is 1.65. The Morgan fingerprint density at radius 1 is 1.42 bits per heavy atom. The fourth-order valence-corrected chi connectivity index (χ4v) is 3.00. The standard InChI is InChI=1S/C9H20N2S/c1-7(6-10)12-9-5-3-2-4-8(9)11/h7-9H,2-6,10-11H2,1H3. The van der Waals surface area contributed by atoms with Gasteiger partial charge in [-0.3, -0.25) is 0 Å². The quantitative estimate of drug-likeness (QED) is 0.702. The molecule has 72 valence electrons. The van der Waals surface area contributed by atoms with E-state index in [-0.39, 0.29) is 0 Å². The Morgan fingerprint density at radius 3 is 2.67 bits per heavy atom. The first-order valence-corrected chi connectivity index (χ1v) is 5.79. The molecule has 0 amide bonds. The molecule has 1 rings (SSSR count). The minimum atomic E-state index is 0.415. The van der Waals surface area contributed by atoms with Crippen LogP contribution in [-0.4, -0.2) is 23.1 Å². The summed E-state index contributed by atoms with van der Waals surface area (Å²) in [5, 5.41) is 1.23. The first kappa shape index (κ1) is 10.4. The van der Waals surface area contributed by atoms with E-state index in [1.165, 1.54) is 25.7 Å². The third-order valence-electron chi connectivity index (χ3n) is 2.49. The van der Waals surface area contributed by atoms with Gasteiger partial charge < -0.3 is 11.5 Å². The van der Waals surface area contributed by atoms with E-state index in [1.54, 1.807) is 0 Å². The molecular formula is C9H20N2S. The van der Waals surface area contributed by atoms with Crippen LogP contribution in [0.1, 0.15) is 32.6 Å². The van der Waals surface area contributed by atoms with Gasteiger partial charge in [0.05, 0.1) is 0 Å². The zero-order valence-corrected chi connectivity index (χ0v) is 8.65. The maximum absolute atomic E-state index is 6.02. The van der Waals surface area contributed by atoms with Crippen LogP contribution in [0.4, 0.5) is 0 Å². The largest absolute Gasteiger partial charge is 0.329 e. The summed E-state index contributed by atoms with van der Waals surface area (Å²) < 4.78 is 0. The van der Waals surface area contributed by atoms with Crippen LogP contribution in [0, 0.1) is 0 Å². The van der Waals surface area contributed by atoms with Crippen molar-refractivity contribution in [3.05, 3.63) is 0 Å². The molecule has 4 N–H and O–H groups in total. The average Bonchev–Trinajstić information content (AvgIpc) is 2.09. The summed E-state index contributed by atoms with van der Waals surface area (Å²) in [7, 11) is 0. The number of hydrogen-bond donors (Lipinski definition) is 2. The zero-order chi connectivity index (χ0) is 8.97. The lowest BCUT2D eigenvalue weighted by Gasteiger charge is -2.29. The van der Waals surface area contributed by atoms with Gasteiger partial charge in [0.1, 0.15) is 0 Å². The molecule has 0 aromatic carbocycles. The van der Waals surface area contributed by atoms with E-state index in [0.29, 0.717) is 16.5 Å². The Kier molecular flexibility index (Phi) is 4.40. The lowest BCUT2D eigenvalue weighted by atomic mass is 9.96. The summed E-state index contributed by atoms with van der Waals surface area (Å²) in [6.45, 7) is 2.96. The molecule has 3 heteroatoms. The van der Waals surface area contributed by atoms with E-state index in [9.17, 15) is 0 Å². The van der Waals surface area contributed by atoms with E-state index >= 15 is 0 Å². The van der Waals surface area contributed by atoms with Gasteiger partial charge in [0.15, 0.2) is 0 Å². The fraction of sp³-hybridized carbons (Fsp3) is 1.00. The van der Waals surface area contributed by atoms with Crippen LogP contribution in [0.2, 0.25) is 0 Å². The first-order valence-electron chi connectivity index (χ1n) is 4.85. The van der Waals surface area contributed by atoms with Gasteiger partial charge in [0.25, 0.3) is 0 Å². The minimum Gasteiger partial charge on any atom is -0.329 e. The maximum Gasteiger partial charge on any atom is 0.0202 e. The Bertz CT molecular complexity index is 130. The van der Waals surface area contributed by atoms with Crippen LogP contribution in [0.15, 0.2) is 0 Å². The van der Waals surface area contributed by atoms with Crippen LogP contribution in [-0.2, 0) is 0 Å². The second-order valence-electron chi connectivity index (χ2n) is 3.67. The molecule has 1 saturated carbocycles. The molecule has 0 aromatic rings. The summed E-state index contributed by atoms with van der Waals surface area (Å²) in [6.07, 6.45) is 5.16. The van der Waals surface area contributed by atoms with Crippen molar-refractivity contribution in [1.82, 2.24) is 0 Å². The monoisotopic (exact) mass is 188 g/mol. The van der Waals surface area contributed by atoms with Crippen LogP contribution in [0.3, 0.4) is 0 Å². The van der Waals surface area contributed by atoms with Crippen molar-refractivity contribution < 1.29 is 0 Å². The summed E-state index contributed by atoms with van der Waals surface area (Å²) >= 11 is 1.98. The van der Waals surface area contributed by atoms with Crippen molar-refractivity contribution >= 4 is 11.8 Å². The molecule has 0 bridgehead atoms. The Labute approximate surface area is 79.5 Å². The number of thioether (sulfide) groups is 1. The summed E-state index contributed by atoms with van der Waals surface area (Å²) in [5.74, 6) is 0. The van der Waals surface area contributed by atoms with Gasteiger partial charge in [-0.1, -0.05) is 19.8 Å². The molecule has 0 aliphatic heterocycles. The van der Waals surface area contributed by atoms with Gasteiger partial charge in [-0.25, -0.2) is 0 Å². The van der Waals surface area contributed by atoms with Crippen LogP contribution < -0.4 is 11.5 Å². The lowest BCUT2D eigenvalue weighted by molar-refractivity contribution is 0.452. The van der Waals surface area contributed by atoms with E-state index in [2.05, 4.69) is 6.92 Å². The molecule has 2 nitrogen and oxygen atoms in total. The lowest BCUT2D eigenvalue weighted by Crippen LogP contribution is -2.37. The summed E-state index contributed by atoms with van der Waals surface area (Å²) in [6, 6.07) is 0.415. The molecule has 1 fully saturated rings. The molecular weight excluding hydrogens is 168 g/mol. The van der Waals surface area contributed by atoms with E-state index in [0.717, 1.165) is 6.54 Å². The Hall–Kier alpha value is 0.270. The highest BCUT2D eigenvalue weighted by molar-refractivity contribution is 8.00. The molecule has 1 aliphatic rings. The molecule has 0 saturated heterocycles. The average molecular weight is 188 g/mol. The van der Waals surface area contributed by atoms with Gasteiger partial charge in [-0.2, -0.15) is 11.8 Å². The molecule has 0 spiro atoms. The number of rotatable bonds is 3. The Morgan fingerprint density at radius 2 is 2.08 bits per heavy atom. The third kappa shape index (κ3) is 2.96. The van der Waals surface area contributed by atoms with Gasteiger partial charge in [-0.05, 0) is 12.8 Å². The molecule has 0 aromatic heterocycles. The predicted molar refractivity (Wildman–Crippen MR) is 56.3 cm³/mol. The highest BCUT2D eigenvalue weighted by atomic mass is 32.2. The molecule has 0 heterocycles. The van der Waals surface area contributed by atoms with Gasteiger partial charge >= 0.3 is 0 Å². The molecule has 3 unspecified atom stereocenters. The SMILES string of the molecule is CC(CN)SC1CCCCC1N. The van der Waals surface area contributed by atoms with Crippen molar-refractivity contribution in [2.75, 3.05) is 6.54 Å². The summed E-state index contributed by atoms with van der Waals surface area (Å²) in [4.78, 5) is 0. The molecule has 3 atom stereocenters. The highest BCUT2D eigenvalue weighted by Crippen LogP contribution is 2.29. The van der Waals surface area contributed by atoms with Crippen molar-refractivity contribution in [2.45, 2.75) is 49.1 Å². The topological polar surface area (TPSA) is 52.0 Å². The van der Waals surface area contributed by atoms with Gasteiger partial charge in [0.2, 0.25) is 0 Å². The molecule has 0 radical (unpaired) electrons. The predicted octanol–water partition coefficient (Wildman–Crippen LogP) is 1.34. The first-order chi connectivity index (χ1) is 5.74.